The lowest BCUT2D eigenvalue weighted by Crippen LogP contribution is -2.27. The van der Waals surface area contributed by atoms with E-state index in [9.17, 15) is 19.7 Å². The average Bonchev–Trinajstić information content (AvgIpc) is 3.15. The van der Waals surface area contributed by atoms with Crippen LogP contribution in [0.1, 0.15) is 26.3 Å². The summed E-state index contributed by atoms with van der Waals surface area (Å²) in [5.41, 5.74) is 0.809. The van der Waals surface area contributed by atoms with Crippen LogP contribution in [-0.2, 0) is 5.41 Å². The molecule has 0 spiro atoms. The van der Waals surface area contributed by atoms with Crippen molar-refractivity contribution in [3.63, 3.8) is 0 Å². The molecule has 0 radical (unpaired) electrons. The smallest absolute Gasteiger partial charge is 0.332 e. The van der Waals surface area contributed by atoms with Gasteiger partial charge in [0.2, 0.25) is 5.89 Å². The van der Waals surface area contributed by atoms with E-state index in [1.807, 2.05) is 20.8 Å². The standard InChI is InChI=1S/C22H20N4O6/c1-22(2,3)15-10-13(25-8-7-18(27)24-21(25)28)9-14(19(15)31-4)20-23-16-6-5-12(26(29)30)11-17(16)32-20/h5-11H,1-4H3,(H,24,27,28). The molecule has 10 nitrogen and oxygen atoms in total. The second-order valence-electron chi connectivity index (χ2n) is 8.23. The van der Waals surface area contributed by atoms with Crippen LogP contribution in [-0.4, -0.2) is 26.6 Å². The molecule has 0 atom stereocenters. The summed E-state index contributed by atoms with van der Waals surface area (Å²) in [4.78, 5) is 41.2. The summed E-state index contributed by atoms with van der Waals surface area (Å²) in [7, 11) is 1.52. The molecule has 2 aromatic heterocycles. The average molecular weight is 436 g/mol. The number of ether oxygens (including phenoxy) is 1. The summed E-state index contributed by atoms with van der Waals surface area (Å²) < 4.78 is 12.9. The van der Waals surface area contributed by atoms with Crippen molar-refractivity contribution in [2.75, 3.05) is 7.11 Å². The molecule has 0 saturated heterocycles. The van der Waals surface area contributed by atoms with Gasteiger partial charge >= 0.3 is 5.69 Å². The predicted octanol–water partition coefficient (Wildman–Crippen LogP) is 3.55. The van der Waals surface area contributed by atoms with E-state index in [1.54, 1.807) is 12.1 Å². The van der Waals surface area contributed by atoms with Crippen molar-refractivity contribution in [3.8, 4) is 22.9 Å². The van der Waals surface area contributed by atoms with Gasteiger partial charge in [0.05, 0.1) is 29.4 Å². The van der Waals surface area contributed by atoms with Gasteiger partial charge in [-0.2, -0.15) is 0 Å². The van der Waals surface area contributed by atoms with Crippen molar-refractivity contribution in [1.29, 1.82) is 0 Å². The van der Waals surface area contributed by atoms with Crippen LogP contribution < -0.4 is 16.0 Å². The van der Waals surface area contributed by atoms with Gasteiger partial charge in [-0.1, -0.05) is 20.8 Å². The highest BCUT2D eigenvalue weighted by atomic mass is 16.6. The largest absolute Gasteiger partial charge is 0.496 e. The van der Waals surface area contributed by atoms with Crippen LogP contribution >= 0.6 is 0 Å². The summed E-state index contributed by atoms with van der Waals surface area (Å²) in [6.45, 7) is 5.97. The maximum Gasteiger partial charge on any atom is 0.332 e. The van der Waals surface area contributed by atoms with Crippen molar-refractivity contribution in [2.24, 2.45) is 0 Å². The molecule has 4 aromatic rings. The lowest BCUT2D eigenvalue weighted by atomic mass is 9.84. The van der Waals surface area contributed by atoms with E-state index >= 15 is 0 Å². The second-order valence-corrected chi connectivity index (χ2v) is 8.23. The van der Waals surface area contributed by atoms with Crippen molar-refractivity contribution in [3.05, 3.63) is 79.1 Å². The Morgan fingerprint density at radius 3 is 2.53 bits per heavy atom. The van der Waals surface area contributed by atoms with Gasteiger partial charge in [0.1, 0.15) is 11.3 Å². The number of methoxy groups -OCH3 is 1. The topological polar surface area (TPSA) is 133 Å². The van der Waals surface area contributed by atoms with Gasteiger partial charge in [0, 0.05) is 23.9 Å². The SMILES string of the molecule is COc1c(-c2nc3ccc([N+](=O)[O-])cc3o2)cc(-n2ccc(=O)[nH]c2=O)cc1C(C)(C)C. The number of aromatic nitrogens is 3. The molecule has 0 unspecified atom stereocenters. The highest BCUT2D eigenvalue weighted by Gasteiger charge is 2.26. The molecule has 0 amide bonds. The molecule has 1 N–H and O–H groups in total. The molecule has 0 bridgehead atoms. The van der Waals surface area contributed by atoms with Crippen LogP contribution in [0.15, 0.2) is 56.6 Å². The Balaban J connectivity index is 2.02. The van der Waals surface area contributed by atoms with E-state index < -0.39 is 16.2 Å². The maximum absolute atomic E-state index is 12.4. The number of nitro groups is 1. The summed E-state index contributed by atoms with van der Waals surface area (Å²) in [6, 6.07) is 8.87. The number of aromatic amines is 1. The number of nitro benzene ring substituents is 1. The highest BCUT2D eigenvalue weighted by Crippen LogP contribution is 2.41. The summed E-state index contributed by atoms with van der Waals surface area (Å²) in [5, 5.41) is 11.1. The van der Waals surface area contributed by atoms with Gasteiger partial charge < -0.3 is 9.15 Å². The van der Waals surface area contributed by atoms with E-state index in [2.05, 4.69) is 9.97 Å². The van der Waals surface area contributed by atoms with Crippen LogP contribution in [0.25, 0.3) is 28.2 Å². The first-order valence-corrected chi connectivity index (χ1v) is 9.68. The minimum atomic E-state index is -0.596. The van der Waals surface area contributed by atoms with Gasteiger partial charge in [0.25, 0.3) is 11.2 Å². The van der Waals surface area contributed by atoms with E-state index in [1.165, 1.54) is 42.1 Å². The molecule has 4 rings (SSSR count). The molecule has 0 fully saturated rings. The number of hydrogen-bond acceptors (Lipinski definition) is 7. The Bertz CT molecular complexity index is 1470. The van der Waals surface area contributed by atoms with Crippen molar-refractivity contribution >= 4 is 16.8 Å². The minimum absolute atomic E-state index is 0.115. The third-order valence-electron chi connectivity index (χ3n) is 5.00. The van der Waals surface area contributed by atoms with E-state index in [-0.39, 0.29) is 22.6 Å². The molecule has 0 aliphatic heterocycles. The molecule has 32 heavy (non-hydrogen) atoms. The lowest BCUT2D eigenvalue weighted by molar-refractivity contribution is -0.384. The quantitative estimate of drug-likeness (QED) is 0.382. The number of fused-ring (bicyclic) bond motifs is 1. The van der Waals surface area contributed by atoms with E-state index in [0.29, 0.717) is 22.5 Å². The highest BCUT2D eigenvalue weighted by molar-refractivity contribution is 5.80. The van der Waals surface area contributed by atoms with Crippen LogP contribution in [0.5, 0.6) is 5.75 Å². The molecule has 10 heteroatoms. The maximum atomic E-state index is 12.4. The van der Waals surface area contributed by atoms with Crippen molar-refractivity contribution in [2.45, 2.75) is 26.2 Å². The Morgan fingerprint density at radius 1 is 1.16 bits per heavy atom. The number of hydrogen-bond donors (Lipinski definition) is 1. The van der Waals surface area contributed by atoms with Gasteiger partial charge in [-0.25, -0.2) is 9.78 Å². The Hall–Kier alpha value is -4.21. The van der Waals surface area contributed by atoms with Gasteiger partial charge in [-0.3, -0.25) is 24.5 Å². The number of oxazole rings is 1. The van der Waals surface area contributed by atoms with E-state index in [4.69, 9.17) is 9.15 Å². The van der Waals surface area contributed by atoms with Gasteiger partial charge in [-0.15, -0.1) is 0 Å². The normalized spacial score (nSPS) is 11.6. The summed E-state index contributed by atoms with van der Waals surface area (Å²) in [5.74, 6) is 0.682. The van der Waals surface area contributed by atoms with Gasteiger partial charge in [0.15, 0.2) is 5.58 Å². The molecule has 0 aliphatic rings. The second kappa shape index (κ2) is 7.49. The predicted molar refractivity (Wildman–Crippen MR) is 118 cm³/mol. The fraction of sp³-hybridized carbons (Fsp3) is 0.227. The fourth-order valence-electron chi connectivity index (χ4n) is 3.45. The summed E-state index contributed by atoms with van der Waals surface area (Å²) in [6.07, 6.45) is 1.38. The molecule has 0 saturated carbocycles. The van der Waals surface area contributed by atoms with Crippen LogP contribution in [0.3, 0.4) is 0 Å². The number of non-ortho nitro benzene ring substituents is 1. The Kier molecular flexibility index (Phi) is 4.92. The van der Waals surface area contributed by atoms with Crippen LogP contribution in [0.2, 0.25) is 0 Å². The molecule has 0 aliphatic carbocycles. The van der Waals surface area contributed by atoms with Crippen molar-refractivity contribution < 1.29 is 14.1 Å². The third-order valence-corrected chi connectivity index (χ3v) is 5.00. The summed E-state index contributed by atoms with van der Waals surface area (Å²) >= 11 is 0. The lowest BCUT2D eigenvalue weighted by Gasteiger charge is -2.24. The van der Waals surface area contributed by atoms with Crippen LogP contribution in [0.4, 0.5) is 5.69 Å². The Morgan fingerprint density at radius 2 is 1.91 bits per heavy atom. The number of nitrogens with one attached hydrogen (secondary N) is 1. The van der Waals surface area contributed by atoms with Crippen LogP contribution in [0, 0.1) is 10.1 Å². The first-order chi connectivity index (χ1) is 15.1. The number of nitrogens with zero attached hydrogens (tertiary/aromatic N) is 3. The van der Waals surface area contributed by atoms with Crippen molar-refractivity contribution in [1.82, 2.24) is 14.5 Å². The molecular formula is C22H20N4O6. The fourth-order valence-corrected chi connectivity index (χ4v) is 3.45. The zero-order chi connectivity index (χ0) is 23.2. The first kappa shape index (κ1) is 21.0. The number of H-pyrrole nitrogens is 1. The Labute approximate surface area is 181 Å². The third kappa shape index (κ3) is 3.66. The molecule has 2 aromatic carbocycles. The van der Waals surface area contributed by atoms with Gasteiger partial charge in [-0.05, 0) is 23.6 Å². The molecule has 2 heterocycles. The number of benzene rings is 2. The first-order valence-electron chi connectivity index (χ1n) is 9.68. The molecular weight excluding hydrogens is 416 g/mol. The molecule has 164 valence electrons. The monoisotopic (exact) mass is 436 g/mol. The zero-order valence-corrected chi connectivity index (χ0v) is 17.8. The van der Waals surface area contributed by atoms with E-state index in [0.717, 1.165) is 5.56 Å². The number of rotatable bonds is 4. The zero-order valence-electron chi connectivity index (χ0n) is 17.8. The minimum Gasteiger partial charge on any atom is -0.496 e.